The van der Waals surface area contributed by atoms with Crippen LogP contribution in [0.25, 0.3) is 0 Å². The maximum absolute atomic E-state index is 4.62. The summed E-state index contributed by atoms with van der Waals surface area (Å²) in [6, 6.07) is 2.50. The molecule has 0 spiro atoms. The van der Waals surface area contributed by atoms with Gasteiger partial charge in [-0.25, -0.2) is 9.97 Å². The Kier molecular flexibility index (Phi) is 4.61. The van der Waals surface area contributed by atoms with Gasteiger partial charge in [-0.15, -0.1) is 0 Å². The molecular formula is C15H26N4. The number of nitrogens with zero attached hydrogens (tertiary/aromatic N) is 2. The van der Waals surface area contributed by atoms with Crippen molar-refractivity contribution in [3.63, 3.8) is 0 Å². The smallest absolute Gasteiger partial charge is 0.135 e. The second-order valence-electron chi connectivity index (χ2n) is 5.91. The molecule has 0 aliphatic heterocycles. The van der Waals surface area contributed by atoms with Crippen molar-refractivity contribution >= 4 is 11.6 Å². The lowest BCUT2D eigenvalue weighted by Gasteiger charge is -2.16. The number of hydrogen-bond acceptors (Lipinski definition) is 4. The number of rotatable bonds is 7. The van der Waals surface area contributed by atoms with Gasteiger partial charge in [0.15, 0.2) is 0 Å². The molecule has 1 saturated carbocycles. The fourth-order valence-electron chi connectivity index (χ4n) is 2.23. The summed E-state index contributed by atoms with van der Waals surface area (Å²) in [5.74, 6) is 4.05. The first-order valence-corrected chi connectivity index (χ1v) is 7.47. The average Bonchev–Trinajstić information content (AvgIpc) is 3.12. The Hall–Kier alpha value is -1.32. The normalized spacial score (nSPS) is 16.5. The van der Waals surface area contributed by atoms with E-state index in [4.69, 9.17) is 0 Å². The molecule has 0 saturated heterocycles. The van der Waals surface area contributed by atoms with Crippen molar-refractivity contribution in [1.82, 2.24) is 9.97 Å². The molecule has 106 valence electrons. The molecule has 1 aromatic heterocycles. The average molecular weight is 262 g/mol. The topological polar surface area (TPSA) is 49.8 Å². The van der Waals surface area contributed by atoms with Gasteiger partial charge in [0.25, 0.3) is 0 Å². The first kappa shape index (κ1) is 14.1. The molecule has 1 heterocycles. The summed E-state index contributed by atoms with van der Waals surface area (Å²) in [5, 5.41) is 6.79. The highest BCUT2D eigenvalue weighted by Gasteiger charge is 2.23. The van der Waals surface area contributed by atoms with Crippen LogP contribution in [0.1, 0.15) is 58.7 Å². The van der Waals surface area contributed by atoms with Gasteiger partial charge in [-0.3, -0.25) is 0 Å². The van der Waals surface area contributed by atoms with E-state index in [1.54, 1.807) is 0 Å². The van der Waals surface area contributed by atoms with Crippen LogP contribution in [0.3, 0.4) is 0 Å². The molecule has 2 rings (SSSR count). The van der Waals surface area contributed by atoms with Gasteiger partial charge in [0.2, 0.25) is 0 Å². The van der Waals surface area contributed by atoms with Crippen molar-refractivity contribution in [1.29, 1.82) is 0 Å². The second kappa shape index (κ2) is 6.22. The van der Waals surface area contributed by atoms with E-state index >= 15 is 0 Å². The van der Waals surface area contributed by atoms with Gasteiger partial charge in [0, 0.05) is 24.6 Å². The van der Waals surface area contributed by atoms with Crippen molar-refractivity contribution in [2.45, 2.75) is 58.9 Å². The lowest BCUT2D eigenvalue weighted by molar-refractivity contribution is 0.638. The van der Waals surface area contributed by atoms with Crippen molar-refractivity contribution in [3.05, 3.63) is 11.9 Å². The van der Waals surface area contributed by atoms with Gasteiger partial charge >= 0.3 is 0 Å². The summed E-state index contributed by atoms with van der Waals surface area (Å²) in [4.78, 5) is 9.16. The summed E-state index contributed by atoms with van der Waals surface area (Å²) in [7, 11) is 0. The highest BCUT2D eigenvalue weighted by molar-refractivity contribution is 5.48. The van der Waals surface area contributed by atoms with Crippen LogP contribution in [0.15, 0.2) is 6.07 Å². The Morgan fingerprint density at radius 3 is 2.47 bits per heavy atom. The van der Waals surface area contributed by atoms with E-state index in [0.29, 0.717) is 12.0 Å². The predicted molar refractivity (Wildman–Crippen MR) is 80.7 cm³/mol. The Balaban J connectivity index is 2.07. The minimum atomic E-state index is 0.345. The summed E-state index contributed by atoms with van der Waals surface area (Å²) in [6.45, 7) is 9.46. The fraction of sp³-hybridized carbons (Fsp3) is 0.733. The van der Waals surface area contributed by atoms with E-state index in [0.717, 1.165) is 29.9 Å². The van der Waals surface area contributed by atoms with Crippen LogP contribution < -0.4 is 10.6 Å². The third-order valence-corrected chi connectivity index (χ3v) is 3.40. The maximum atomic E-state index is 4.62. The maximum Gasteiger partial charge on any atom is 0.135 e. The molecule has 1 unspecified atom stereocenters. The minimum absolute atomic E-state index is 0.345. The SMILES string of the molecule is CCNc1cc(NC(C)CC2CC2)nc(C(C)C)n1. The molecule has 4 nitrogen and oxygen atoms in total. The van der Waals surface area contributed by atoms with Gasteiger partial charge in [-0.1, -0.05) is 26.7 Å². The Bertz CT molecular complexity index is 413. The summed E-state index contributed by atoms with van der Waals surface area (Å²) >= 11 is 0. The molecule has 1 aliphatic carbocycles. The van der Waals surface area contributed by atoms with Crippen LogP contribution >= 0.6 is 0 Å². The van der Waals surface area contributed by atoms with Crippen molar-refractivity contribution in [2.75, 3.05) is 17.2 Å². The Morgan fingerprint density at radius 2 is 1.89 bits per heavy atom. The van der Waals surface area contributed by atoms with Crippen LogP contribution in [0.5, 0.6) is 0 Å². The van der Waals surface area contributed by atoms with Crippen LogP contribution in [0.2, 0.25) is 0 Å². The lowest BCUT2D eigenvalue weighted by atomic mass is 10.1. The highest BCUT2D eigenvalue weighted by Crippen LogP contribution is 2.34. The third-order valence-electron chi connectivity index (χ3n) is 3.40. The summed E-state index contributed by atoms with van der Waals surface area (Å²) in [5.41, 5.74) is 0. The zero-order valence-electron chi connectivity index (χ0n) is 12.5. The molecule has 4 heteroatoms. The fourth-order valence-corrected chi connectivity index (χ4v) is 2.23. The number of hydrogen-bond donors (Lipinski definition) is 2. The molecule has 0 radical (unpaired) electrons. The van der Waals surface area contributed by atoms with Gasteiger partial charge in [-0.05, 0) is 26.2 Å². The first-order valence-electron chi connectivity index (χ1n) is 7.47. The summed E-state index contributed by atoms with van der Waals surface area (Å²) in [6.07, 6.45) is 4.04. The number of nitrogens with one attached hydrogen (secondary N) is 2. The largest absolute Gasteiger partial charge is 0.370 e. The molecule has 0 aromatic carbocycles. The van der Waals surface area contributed by atoms with E-state index in [2.05, 4.69) is 48.3 Å². The van der Waals surface area contributed by atoms with E-state index in [9.17, 15) is 0 Å². The second-order valence-corrected chi connectivity index (χ2v) is 5.91. The molecule has 1 atom stereocenters. The zero-order valence-corrected chi connectivity index (χ0v) is 12.5. The molecule has 1 fully saturated rings. The van der Waals surface area contributed by atoms with Gasteiger partial charge < -0.3 is 10.6 Å². The zero-order chi connectivity index (χ0) is 13.8. The van der Waals surface area contributed by atoms with Gasteiger partial charge in [-0.2, -0.15) is 0 Å². The van der Waals surface area contributed by atoms with E-state index < -0.39 is 0 Å². The number of anilines is 2. The van der Waals surface area contributed by atoms with Crippen molar-refractivity contribution < 1.29 is 0 Å². The Labute approximate surface area is 116 Å². The molecule has 0 bridgehead atoms. The Morgan fingerprint density at radius 1 is 1.21 bits per heavy atom. The van der Waals surface area contributed by atoms with E-state index in [1.807, 2.05) is 6.07 Å². The summed E-state index contributed by atoms with van der Waals surface area (Å²) < 4.78 is 0. The molecule has 1 aromatic rings. The molecule has 19 heavy (non-hydrogen) atoms. The van der Waals surface area contributed by atoms with E-state index in [1.165, 1.54) is 19.3 Å². The van der Waals surface area contributed by atoms with E-state index in [-0.39, 0.29) is 0 Å². The number of aromatic nitrogens is 2. The first-order chi connectivity index (χ1) is 9.08. The molecule has 0 amide bonds. The van der Waals surface area contributed by atoms with Crippen molar-refractivity contribution in [3.8, 4) is 0 Å². The lowest BCUT2D eigenvalue weighted by Crippen LogP contribution is -2.18. The highest BCUT2D eigenvalue weighted by atomic mass is 15.1. The molecular weight excluding hydrogens is 236 g/mol. The predicted octanol–water partition coefficient (Wildman–Crippen LogP) is 3.63. The van der Waals surface area contributed by atoms with Crippen LogP contribution in [-0.4, -0.2) is 22.6 Å². The third kappa shape index (κ3) is 4.37. The monoisotopic (exact) mass is 262 g/mol. The minimum Gasteiger partial charge on any atom is -0.370 e. The standard InChI is InChI=1S/C15H26N4/c1-5-16-13-9-14(19-15(18-13)10(2)3)17-11(4)8-12-6-7-12/h9-12H,5-8H2,1-4H3,(H2,16,17,18,19). The van der Waals surface area contributed by atoms with Crippen LogP contribution in [0.4, 0.5) is 11.6 Å². The molecule has 1 aliphatic rings. The quantitative estimate of drug-likeness (QED) is 0.788. The van der Waals surface area contributed by atoms with Gasteiger partial charge in [0.05, 0.1) is 0 Å². The van der Waals surface area contributed by atoms with Gasteiger partial charge in [0.1, 0.15) is 17.5 Å². The van der Waals surface area contributed by atoms with Crippen LogP contribution in [0, 0.1) is 5.92 Å². The van der Waals surface area contributed by atoms with Crippen LogP contribution in [-0.2, 0) is 0 Å². The molecule has 2 N–H and O–H groups in total. The van der Waals surface area contributed by atoms with Crippen molar-refractivity contribution in [2.24, 2.45) is 5.92 Å².